The van der Waals surface area contributed by atoms with E-state index in [0.29, 0.717) is 33.9 Å². The maximum atomic E-state index is 13.6. The van der Waals surface area contributed by atoms with Gasteiger partial charge in [-0.15, -0.1) is 0 Å². The summed E-state index contributed by atoms with van der Waals surface area (Å²) in [5, 5.41) is 10.6. The van der Waals surface area contributed by atoms with Crippen molar-refractivity contribution in [1.29, 1.82) is 0 Å². The fourth-order valence-electron chi connectivity index (χ4n) is 4.89. The molecule has 1 aliphatic heterocycles. The Morgan fingerprint density at radius 3 is 2.77 bits per heavy atom. The highest BCUT2D eigenvalue weighted by Gasteiger charge is 2.37. The molecule has 0 saturated heterocycles. The number of pyridine rings is 1. The number of ether oxygens (including phenoxy) is 2. The van der Waals surface area contributed by atoms with Gasteiger partial charge in [-0.2, -0.15) is 0 Å². The van der Waals surface area contributed by atoms with Crippen molar-refractivity contribution in [3.05, 3.63) is 78.0 Å². The molecule has 0 spiro atoms. The second kappa shape index (κ2) is 9.60. The number of aromatic amines is 2. The molecule has 2 aromatic carbocycles. The van der Waals surface area contributed by atoms with Gasteiger partial charge in [0.1, 0.15) is 17.6 Å². The third-order valence-electron chi connectivity index (χ3n) is 6.89. The van der Waals surface area contributed by atoms with Crippen LogP contribution in [0.2, 0.25) is 0 Å². The zero-order chi connectivity index (χ0) is 27.1. The summed E-state index contributed by atoms with van der Waals surface area (Å²) in [7, 11) is 2.85. The van der Waals surface area contributed by atoms with Crippen molar-refractivity contribution in [2.45, 2.75) is 19.0 Å². The Morgan fingerprint density at radius 1 is 1.08 bits per heavy atom. The fraction of sp³-hybridized carbons (Fsp3) is 0.179. The zero-order valence-electron chi connectivity index (χ0n) is 21.1. The van der Waals surface area contributed by atoms with Crippen molar-refractivity contribution >= 4 is 22.9 Å². The molecule has 0 bridgehead atoms. The first-order valence-corrected chi connectivity index (χ1v) is 12.2. The predicted octanol–water partition coefficient (Wildman–Crippen LogP) is 3.47. The summed E-state index contributed by atoms with van der Waals surface area (Å²) in [5.74, 6) is 0.115. The number of carbonyl (C=O) groups excluding carboxylic acids is 2. The Bertz CT molecular complexity index is 1720. The van der Waals surface area contributed by atoms with Crippen LogP contribution in [0.15, 0.2) is 61.1 Å². The summed E-state index contributed by atoms with van der Waals surface area (Å²) in [6.45, 7) is 0.205. The molecule has 0 fully saturated rings. The number of nitrogens with zero attached hydrogens (tertiary/aromatic N) is 4. The number of fused-ring (bicyclic) bond motifs is 2. The van der Waals surface area contributed by atoms with E-state index < -0.39 is 12.0 Å². The van der Waals surface area contributed by atoms with Crippen LogP contribution in [0.5, 0.6) is 11.6 Å². The number of nitrogens with one attached hydrogen (secondary N) is 2. The molecule has 3 aromatic heterocycles. The van der Waals surface area contributed by atoms with Crippen LogP contribution in [0.4, 0.5) is 0 Å². The Kier molecular flexibility index (Phi) is 5.95. The number of carbonyl (C=O) groups is 2. The van der Waals surface area contributed by atoms with Crippen LogP contribution in [0.3, 0.4) is 0 Å². The van der Waals surface area contributed by atoms with E-state index in [2.05, 4.69) is 24.9 Å². The summed E-state index contributed by atoms with van der Waals surface area (Å²) in [6.07, 6.45) is 3.47. The van der Waals surface area contributed by atoms with E-state index in [4.69, 9.17) is 9.47 Å². The lowest BCUT2D eigenvalue weighted by Crippen LogP contribution is -2.49. The number of hydrogen-bond acceptors (Lipinski definition) is 8. The smallest absolute Gasteiger partial charge is 0.329 e. The van der Waals surface area contributed by atoms with Gasteiger partial charge < -0.3 is 29.4 Å². The largest absolute Gasteiger partial charge is 0.507 e. The van der Waals surface area contributed by atoms with Gasteiger partial charge in [0.15, 0.2) is 0 Å². The van der Waals surface area contributed by atoms with Crippen molar-refractivity contribution in [2.75, 3.05) is 14.2 Å². The average molecular weight is 525 g/mol. The SMILES string of the molecule is COC(=O)C1Cc2nc[nH]c2CN1C(=O)c1ccc2[nH]c(-c3cc(-c4cccnc4OC)ccc3O)nc2c1. The first-order valence-electron chi connectivity index (χ1n) is 12.2. The van der Waals surface area contributed by atoms with Gasteiger partial charge in [-0.25, -0.2) is 19.7 Å². The number of methoxy groups -OCH3 is 2. The van der Waals surface area contributed by atoms with Crippen LogP contribution >= 0.6 is 0 Å². The van der Waals surface area contributed by atoms with Gasteiger partial charge in [0, 0.05) is 23.7 Å². The highest BCUT2D eigenvalue weighted by Crippen LogP contribution is 2.36. The molecular formula is C28H24N6O5. The van der Waals surface area contributed by atoms with Crippen molar-refractivity contribution in [3.63, 3.8) is 0 Å². The maximum absolute atomic E-state index is 13.6. The van der Waals surface area contributed by atoms with Crippen molar-refractivity contribution < 1.29 is 24.2 Å². The molecule has 11 nitrogen and oxygen atoms in total. The van der Waals surface area contributed by atoms with Crippen molar-refractivity contribution in [3.8, 4) is 34.1 Å². The first-order chi connectivity index (χ1) is 19.0. The highest BCUT2D eigenvalue weighted by atomic mass is 16.5. The summed E-state index contributed by atoms with van der Waals surface area (Å²) in [4.78, 5) is 47.0. The number of hydrogen-bond donors (Lipinski definition) is 3. The molecule has 0 saturated carbocycles. The van der Waals surface area contributed by atoms with E-state index in [1.54, 1.807) is 56.0 Å². The van der Waals surface area contributed by atoms with Gasteiger partial charge in [-0.05, 0) is 48.0 Å². The number of phenols is 1. The second-order valence-electron chi connectivity index (χ2n) is 9.11. The van der Waals surface area contributed by atoms with E-state index in [9.17, 15) is 14.7 Å². The zero-order valence-corrected chi connectivity index (χ0v) is 21.1. The first kappa shape index (κ1) is 24.2. The second-order valence-corrected chi connectivity index (χ2v) is 9.11. The number of amides is 1. The monoisotopic (exact) mass is 524 g/mol. The standard InChI is InChI=1S/C28H24N6O5/c1-38-26-17(4-3-9-29-26)15-6-8-24(35)18(10-15)25-32-19-7-5-16(11-21(19)33-25)27(36)34-13-22-20(30-14-31-22)12-23(34)28(37)39-2/h3-11,14,23,35H,12-13H2,1-2H3,(H,30,31)(H,32,33). The average Bonchev–Trinajstić information content (AvgIpc) is 3.62. The summed E-state index contributed by atoms with van der Waals surface area (Å²) < 4.78 is 10.3. The number of H-pyrrole nitrogens is 2. The van der Waals surface area contributed by atoms with Gasteiger partial charge >= 0.3 is 5.97 Å². The van der Waals surface area contributed by atoms with Crippen LogP contribution in [0, 0.1) is 0 Å². The Morgan fingerprint density at radius 2 is 1.95 bits per heavy atom. The minimum Gasteiger partial charge on any atom is -0.507 e. The van der Waals surface area contributed by atoms with Gasteiger partial charge in [0.25, 0.3) is 5.91 Å². The third kappa shape index (κ3) is 4.23. The minimum absolute atomic E-state index is 0.0431. The molecular weight excluding hydrogens is 500 g/mol. The molecule has 196 valence electrons. The topological polar surface area (TPSA) is 146 Å². The molecule has 1 unspecified atom stereocenters. The van der Waals surface area contributed by atoms with E-state index in [1.807, 2.05) is 12.1 Å². The van der Waals surface area contributed by atoms with E-state index in [-0.39, 0.29) is 24.6 Å². The number of phenolic OH excluding ortho intramolecular Hbond substituents is 1. The fourth-order valence-corrected chi connectivity index (χ4v) is 4.89. The molecule has 0 aliphatic carbocycles. The highest BCUT2D eigenvalue weighted by molar-refractivity contribution is 6.00. The molecule has 1 atom stereocenters. The van der Waals surface area contributed by atoms with E-state index in [0.717, 1.165) is 22.5 Å². The number of benzene rings is 2. The minimum atomic E-state index is -0.784. The molecule has 39 heavy (non-hydrogen) atoms. The number of aromatic hydroxyl groups is 1. The quantitative estimate of drug-likeness (QED) is 0.296. The molecule has 3 N–H and O–H groups in total. The van der Waals surface area contributed by atoms with Crippen molar-refractivity contribution in [1.82, 2.24) is 29.8 Å². The summed E-state index contributed by atoms with van der Waals surface area (Å²) >= 11 is 0. The Balaban J connectivity index is 1.35. The van der Waals surface area contributed by atoms with E-state index in [1.165, 1.54) is 12.0 Å². The molecule has 4 heterocycles. The molecule has 11 heteroatoms. The number of aromatic nitrogens is 5. The van der Waals surface area contributed by atoms with E-state index >= 15 is 0 Å². The normalized spacial score (nSPS) is 14.7. The lowest BCUT2D eigenvalue weighted by Gasteiger charge is -2.33. The summed E-state index contributed by atoms with van der Waals surface area (Å²) in [6, 6.07) is 13.2. The number of imidazole rings is 2. The molecule has 6 rings (SSSR count). The lowest BCUT2D eigenvalue weighted by atomic mass is 10.0. The van der Waals surface area contributed by atoms with Crippen LogP contribution in [-0.2, 0) is 22.5 Å². The predicted molar refractivity (Wildman–Crippen MR) is 141 cm³/mol. The van der Waals surface area contributed by atoms with Gasteiger partial charge in [0.2, 0.25) is 5.88 Å². The lowest BCUT2D eigenvalue weighted by molar-refractivity contribution is -0.146. The summed E-state index contributed by atoms with van der Waals surface area (Å²) in [5.41, 5.74) is 5.16. The number of esters is 1. The van der Waals surface area contributed by atoms with Gasteiger partial charge in [-0.1, -0.05) is 6.07 Å². The maximum Gasteiger partial charge on any atom is 0.329 e. The Hall–Kier alpha value is -5.19. The Labute approximate surface area is 222 Å². The number of rotatable bonds is 5. The van der Waals surface area contributed by atoms with Gasteiger partial charge in [0.05, 0.1) is 55.1 Å². The van der Waals surface area contributed by atoms with Crippen LogP contribution in [0.1, 0.15) is 21.7 Å². The molecule has 0 radical (unpaired) electrons. The van der Waals surface area contributed by atoms with Crippen LogP contribution < -0.4 is 4.74 Å². The van der Waals surface area contributed by atoms with Crippen LogP contribution in [0.25, 0.3) is 33.5 Å². The molecule has 1 amide bonds. The molecule has 1 aliphatic rings. The van der Waals surface area contributed by atoms with Crippen molar-refractivity contribution in [2.24, 2.45) is 0 Å². The third-order valence-corrected chi connectivity index (χ3v) is 6.89. The molecule has 5 aromatic rings. The van der Waals surface area contributed by atoms with Crippen LogP contribution in [-0.4, -0.2) is 67.1 Å². The van der Waals surface area contributed by atoms with Gasteiger partial charge in [-0.3, -0.25) is 4.79 Å².